The molecule has 1 fully saturated rings. The number of anilines is 1. The van der Waals surface area contributed by atoms with Crippen LogP contribution in [0.25, 0.3) is 21.9 Å². The summed E-state index contributed by atoms with van der Waals surface area (Å²) < 4.78 is 31.1. The molecule has 11 heteroatoms. The van der Waals surface area contributed by atoms with E-state index in [1.807, 2.05) is 11.8 Å². The van der Waals surface area contributed by atoms with Crippen LogP contribution < -0.4 is 10.5 Å². The number of carbonyl (C=O) groups is 1. The number of aromatic nitrogens is 4. The molecule has 1 aliphatic rings. The molecule has 0 atom stereocenters. The van der Waals surface area contributed by atoms with Crippen molar-refractivity contribution in [3.05, 3.63) is 99.0 Å². The highest BCUT2D eigenvalue weighted by Crippen LogP contribution is 2.25. The van der Waals surface area contributed by atoms with Crippen LogP contribution >= 0.6 is 11.3 Å². The van der Waals surface area contributed by atoms with Gasteiger partial charge in [0.15, 0.2) is 4.96 Å². The molecule has 5 aromatic rings. The fraction of sp³-hybridized carbons (Fsp3) is 0.241. The first-order valence-electron chi connectivity index (χ1n) is 12.9. The lowest BCUT2D eigenvalue weighted by molar-refractivity contribution is -0.130. The van der Waals surface area contributed by atoms with Gasteiger partial charge < -0.3 is 9.80 Å². The van der Waals surface area contributed by atoms with Gasteiger partial charge in [0.25, 0.3) is 5.56 Å². The normalized spacial score (nSPS) is 13.8. The summed E-state index contributed by atoms with van der Waals surface area (Å²) in [6.45, 7) is 5.56. The summed E-state index contributed by atoms with van der Waals surface area (Å²) in [5.74, 6) is -0.761. The van der Waals surface area contributed by atoms with Crippen molar-refractivity contribution < 1.29 is 13.6 Å². The third-order valence-electron chi connectivity index (χ3n) is 7.18. The van der Waals surface area contributed by atoms with Gasteiger partial charge in [-0.2, -0.15) is 5.10 Å². The van der Waals surface area contributed by atoms with Crippen molar-refractivity contribution in [3.63, 3.8) is 0 Å². The minimum absolute atomic E-state index is 0.0422. The lowest BCUT2D eigenvalue weighted by atomic mass is 10.1. The summed E-state index contributed by atoms with van der Waals surface area (Å²) in [5.41, 5.74) is 3.36. The monoisotopic (exact) mass is 560 g/mol. The van der Waals surface area contributed by atoms with Gasteiger partial charge in [0.1, 0.15) is 17.3 Å². The summed E-state index contributed by atoms with van der Waals surface area (Å²) in [6, 6.07) is 14.5. The van der Waals surface area contributed by atoms with Gasteiger partial charge >= 0.3 is 0 Å². The number of nitrogens with zero attached hydrogens (tertiary/aromatic N) is 6. The third kappa shape index (κ3) is 4.66. The average Bonchev–Trinajstić information content (AvgIpc) is 3.52. The van der Waals surface area contributed by atoms with Crippen LogP contribution in [0.5, 0.6) is 0 Å². The Morgan fingerprint density at radius 1 is 1.00 bits per heavy atom. The Kier molecular flexibility index (Phi) is 6.67. The fourth-order valence-corrected chi connectivity index (χ4v) is 6.09. The molecule has 3 aromatic heterocycles. The zero-order valence-corrected chi connectivity index (χ0v) is 22.8. The predicted molar refractivity (Wildman–Crippen MR) is 150 cm³/mol. The number of piperazine rings is 1. The molecule has 0 aliphatic carbocycles. The molecular weight excluding hydrogens is 534 g/mol. The molecule has 1 saturated heterocycles. The van der Waals surface area contributed by atoms with E-state index < -0.39 is 0 Å². The number of aryl methyl sites for hydroxylation is 2. The lowest BCUT2D eigenvalue weighted by Crippen LogP contribution is -2.49. The molecule has 0 saturated carbocycles. The summed E-state index contributed by atoms with van der Waals surface area (Å²) in [5, 5.41) is 6.39. The zero-order valence-electron chi connectivity index (χ0n) is 22.0. The zero-order chi connectivity index (χ0) is 28.0. The van der Waals surface area contributed by atoms with Crippen LogP contribution in [0.2, 0.25) is 0 Å². The second-order valence-corrected chi connectivity index (χ2v) is 10.6. The highest BCUT2D eigenvalue weighted by Gasteiger charge is 2.25. The molecule has 6 rings (SSSR count). The number of rotatable bonds is 5. The molecule has 0 spiro atoms. The van der Waals surface area contributed by atoms with E-state index in [0.29, 0.717) is 65.2 Å². The van der Waals surface area contributed by atoms with Crippen molar-refractivity contribution in [3.8, 4) is 16.9 Å². The molecule has 4 heterocycles. The maximum absolute atomic E-state index is 14.2. The van der Waals surface area contributed by atoms with Gasteiger partial charge in [-0.15, -0.1) is 11.3 Å². The third-order valence-corrected chi connectivity index (χ3v) is 8.05. The van der Waals surface area contributed by atoms with Crippen LogP contribution in [0.1, 0.15) is 17.1 Å². The molecule has 0 unspecified atom stereocenters. The Labute approximate surface area is 232 Å². The SMILES string of the molecule is Cc1nc2scc(CC(=O)N3CCN(c4ccccc4F)CC3)n2c(=O)c1-c1cc(C)n(-c2cccc(F)c2)n1. The average molecular weight is 561 g/mol. The summed E-state index contributed by atoms with van der Waals surface area (Å²) in [7, 11) is 0. The van der Waals surface area contributed by atoms with E-state index in [2.05, 4.69) is 10.1 Å². The second kappa shape index (κ2) is 10.3. The standard InChI is InChI=1S/C29H26F2N6O2S/c1-18-14-24(33-37(18)21-7-5-6-20(30)15-21)27-19(2)32-29-36(28(27)39)22(17-40-29)16-26(38)35-12-10-34(11-13-35)25-9-4-3-8-23(25)31/h3-9,14-15,17H,10-13,16H2,1-2H3. The Morgan fingerprint density at radius 3 is 2.52 bits per heavy atom. The van der Waals surface area contributed by atoms with Gasteiger partial charge in [-0.1, -0.05) is 18.2 Å². The Hall–Kier alpha value is -4.38. The first-order valence-corrected chi connectivity index (χ1v) is 13.8. The van der Waals surface area contributed by atoms with Gasteiger partial charge in [0, 0.05) is 42.9 Å². The number of benzene rings is 2. The molecule has 204 valence electrons. The van der Waals surface area contributed by atoms with Gasteiger partial charge in [0.05, 0.1) is 29.1 Å². The van der Waals surface area contributed by atoms with E-state index in [1.165, 1.54) is 33.9 Å². The molecule has 2 aromatic carbocycles. The molecule has 8 nitrogen and oxygen atoms in total. The van der Waals surface area contributed by atoms with Crippen molar-refractivity contribution in [2.24, 2.45) is 0 Å². The Balaban J connectivity index is 1.26. The van der Waals surface area contributed by atoms with Crippen LogP contribution in [0.4, 0.5) is 14.5 Å². The largest absolute Gasteiger partial charge is 0.366 e. The van der Waals surface area contributed by atoms with E-state index in [4.69, 9.17) is 0 Å². The quantitative estimate of drug-likeness (QED) is 0.319. The molecular formula is C29H26F2N6O2S. The molecule has 1 aliphatic heterocycles. The smallest absolute Gasteiger partial charge is 0.268 e. The number of hydrogen-bond acceptors (Lipinski definition) is 6. The van der Waals surface area contributed by atoms with Crippen LogP contribution in [0, 0.1) is 25.5 Å². The van der Waals surface area contributed by atoms with E-state index >= 15 is 0 Å². The van der Waals surface area contributed by atoms with Crippen molar-refractivity contribution in [2.45, 2.75) is 20.3 Å². The van der Waals surface area contributed by atoms with E-state index in [0.717, 1.165) is 5.69 Å². The number of thiazole rings is 1. The number of halogens is 2. The summed E-state index contributed by atoms with van der Waals surface area (Å²) >= 11 is 1.30. The lowest BCUT2D eigenvalue weighted by Gasteiger charge is -2.36. The van der Waals surface area contributed by atoms with Gasteiger partial charge in [0.2, 0.25) is 5.91 Å². The maximum Gasteiger partial charge on any atom is 0.268 e. The molecule has 40 heavy (non-hydrogen) atoms. The first-order chi connectivity index (χ1) is 19.3. The molecule has 0 N–H and O–H groups in total. The maximum atomic E-state index is 14.2. The molecule has 1 amide bonds. The minimum Gasteiger partial charge on any atom is -0.366 e. The Morgan fingerprint density at radius 2 is 1.77 bits per heavy atom. The van der Waals surface area contributed by atoms with E-state index in [-0.39, 0.29) is 29.5 Å². The number of hydrogen-bond donors (Lipinski definition) is 0. The first kappa shape index (κ1) is 25.9. The van der Waals surface area contributed by atoms with Crippen molar-refractivity contribution >= 4 is 27.9 Å². The second-order valence-electron chi connectivity index (χ2n) is 9.78. The molecule has 0 radical (unpaired) electrons. The van der Waals surface area contributed by atoms with Gasteiger partial charge in [-0.05, 0) is 50.2 Å². The van der Waals surface area contributed by atoms with Crippen molar-refractivity contribution in [1.82, 2.24) is 24.1 Å². The topological polar surface area (TPSA) is 75.7 Å². The Bertz CT molecular complexity index is 1800. The highest BCUT2D eigenvalue weighted by atomic mass is 32.1. The molecule has 0 bridgehead atoms. The number of carbonyl (C=O) groups excluding carboxylic acids is 1. The van der Waals surface area contributed by atoms with Crippen LogP contribution in [0.3, 0.4) is 0 Å². The van der Waals surface area contributed by atoms with Crippen molar-refractivity contribution in [2.75, 3.05) is 31.1 Å². The van der Waals surface area contributed by atoms with Gasteiger partial charge in [-0.25, -0.2) is 18.4 Å². The number of amides is 1. The van der Waals surface area contributed by atoms with E-state index in [1.54, 1.807) is 58.3 Å². The van der Waals surface area contributed by atoms with E-state index in [9.17, 15) is 18.4 Å². The van der Waals surface area contributed by atoms with Crippen LogP contribution in [-0.4, -0.2) is 56.2 Å². The minimum atomic E-state index is -0.380. The highest BCUT2D eigenvalue weighted by molar-refractivity contribution is 7.15. The summed E-state index contributed by atoms with van der Waals surface area (Å²) in [4.78, 5) is 35.8. The van der Waals surface area contributed by atoms with Crippen molar-refractivity contribution in [1.29, 1.82) is 0 Å². The predicted octanol–water partition coefficient (Wildman–Crippen LogP) is 4.40. The van der Waals surface area contributed by atoms with Crippen LogP contribution in [-0.2, 0) is 11.2 Å². The number of para-hydroxylation sites is 1. The van der Waals surface area contributed by atoms with Gasteiger partial charge in [-0.3, -0.25) is 14.0 Å². The summed E-state index contributed by atoms with van der Waals surface area (Å²) in [6.07, 6.45) is 0.0422. The fourth-order valence-electron chi connectivity index (χ4n) is 5.16. The van der Waals surface area contributed by atoms with Crippen LogP contribution in [0.15, 0.2) is 64.8 Å². The number of fused-ring (bicyclic) bond motifs is 1.